The minimum Gasteiger partial charge on any atom is -0.287 e. The summed E-state index contributed by atoms with van der Waals surface area (Å²) in [4.78, 5) is 18.9. The van der Waals surface area contributed by atoms with Crippen LogP contribution in [0.4, 0.5) is 0 Å². The number of rotatable bonds is 3. The first kappa shape index (κ1) is 15.4. The number of thioether (sulfide) groups is 1. The van der Waals surface area contributed by atoms with Crippen molar-refractivity contribution in [2.24, 2.45) is 4.99 Å². The summed E-state index contributed by atoms with van der Waals surface area (Å²) < 4.78 is 0. The number of halogens is 2. The molecule has 0 atom stereocenters. The Kier molecular flexibility index (Phi) is 5.13. The second-order valence-corrected chi connectivity index (χ2v) is 5.94. The third kappa shape index (κ3) is 3.19. The van der Waals surface area contributed by atoms with Gasteiger partial charge in [0.1, 0.15) is 0 Å². The van der Waals surface area contributed by atoms with Crippen LogP contribution >= 0.6 is 35.0 Å². The molecule has 6 heteroatoms. The van der Waals surface area contributed by atoms with Crippen LogP contribution < -0.4 is 0 Å². The highest BCUT2D eigenvalue weighted by Gasteiger charge is 2.31. The summed E-state index contributed by atoms with van der Waals surface area (Å²) in [5.41, 5.74) is 0.778. The number of benzene rings is 1. The van der Waals surface area contributed by atoms with E-state index in [-0.39, 0.29) is 5.91 Å². The highest BCUT2D eigenvalue weighted by atomic mass is 35.5. The van der Waals surface area contributed by atoms with Gasteiger partial charge in [0.05, 0.1) is 4.91 Å². The number of amides is 1. The van der Waals surface area contributed by atoms with Crippen molar-refractivity contribution in [1.29, 1.82) is 0 Å². The van der Waals surface area contributed by atoms with Crippen molar-refractivity contribution in [1.82, 2.24) is 4.90 Å². The number of carbonyl (C=O) groups excluding carboxylic acids is 1. The topological polar surface area (TPSA) is 32.7 Å². The first-order valence-corrected chi connectivity index (χ1v) is 7.85. The standard InChI is InChI=1S/C14H14Cl2N2OS/c1-3-17-14-18(4-2)13(19)12(20-14)7-9-5-6-10(15)8-11(9)16/h5-8H,3-4H2,1-2H3/b12-7-,17-14?. The van der Waals surface area contributed by atoms with Gasteiger partial charge in [0.25, 0.3) is 5.91 Å². The first-order valence-electron chi connectivity index (χ1n) is 6.27. The summed E-state index contributed by atoms with van der Waals surface area (Å²) in [5, 5.41) is 1.85. The van der Waals surface area contributed by atoms with E-state index in [2.05, 4.69) is 4.99 Å². The predicted molar refractivity (Wildman–Crippen MR) is 87.4 cm³/mol. The average molecular weight is 329 g/mol. The highest BCUT2D eigenvalue weighted by molar-refractivity contribution is 8.18. The van der Waals surface area contributed by atoms with Gasteiger partial charge in [0.15, 0.2) is 5.17 Å². The second kappa shape index (κ2) is 6.66. The van der Waals surface area contributed by atoms with Gasteiger partial charge in [-0.3, -0.25) is 14.7 Å². The monoisotopic (exact) mass is 328 g/mol. The maximum Gasteiger partial charge on any atom is 0.266 e. The first-order chi connectivity index (χ1) is 9.56. The van der Waals surface area contributed by atoms with Gasteiger partial charge in [-0.15, -0.1) is 0 Å². The molecule has 3 nitrogen and oxygen atoms in total. The summed E-state index contributed by atoms with van der Waals surface area (Å²) in [6.45, 7) is 5.14. The molecule has 1 aliphatic rings. The molecular formula is C14H14Cl2N2OS. The Labute approximate surface area is 132 Å². The SMILES string of the molecule is CCN=C1S/C(=C\c2ccc(Cl)cc2Cl)C(=O)N1CC. The van der Waals surface area contributed by atoms with Crippen LogP contribution in [0.1, 0.15) is 19.4 Å². The molecular weight excluding hydrogens is 315 g/mol. The third-order valence-corrected chi connectivity index (χ3v) is 4.35. The molecule has 0 radical (unpaired) electrons. The van der Waals surface area contributed by atoms with Crippen LogP contribution in [-0.2, 0) is 4.79 Å². The van der Waals surface area contributed by atoms with E-state index in [9.17, 15) is 4.79 Å². The zero-order chi connectivity index (χ0) is 14.7. The Hall–Kier alpha value is -0.970. The van der Waals surface area contributed by atoms with Crippen LogP contribution in [-0.4, -0.2) is 29.1 Å². The van der Waals surface area contributed by atoms with E-state index in [1.165, 1.54) is 11.8 Å². The molecule has 0 spiro atoms. The lowest BCUT2D eigenvalue weighted by Gasteiger charge is -2.11. The number of hydrogen-bond donors (Lipinski definition) is 0. The van der Waals surface area contributed by atoms with Crippen LogP contribution in [0, 0.1) is 0 Å². The minimum atomic E-state index is -0.0317. The molecule has 0 unspecified atom stereocenters. The van der Waals surface area contributed by atoms with Gasteiger partial charge >= 0.3 is 0 Å². The fourth-order valence-corrected chi connectivity index (χ4v) is 3.36. The molecule has 1 saturated heterocycles. The molecule has 1 aromatic carbocycles. The van der Waals surface area contributed by atoms with E-state index in [1.54, 1.807) is 29.2 Å². The Balaban J connectivity index is 2.35. The van der Waals surface area contributed by atoms with Gasteiger partial charge in [-0.1, -0.05) is 29.3 Å². The highest BCUT2D eigenvalue weighted by Crippen LogP contribution is 2.34. The third-order valence-electron chi connectivity index (χ3n) is 2.75. The largest absolute Gasteiger partial charge is 0.287 e. The van der Waals surface area contributed by atoms with Gasteiger partial charge < -0.3 is 0 Å². The van der Waals surface area contributed by atoms with Crippen molar-refractivity contribution >= 4 is 52.1 Å². The summed E-state index contributed by atoms with van der Waals surface area (Å²) in [5.74, 6) is -0.0317. The molecule has 1 aromatic rings. The van der Waals surface area contributed by atoms with Gasteiger partial charge in [0.2, 0.25) is 0 Å². The fraction of sp³-hybridized carbons (Fsp3) is 0.286. The quantitative estimate of drug-likeness (QED) is 0.774. The smallest absolute Gasteiger partial charge is 0.266 e. The van der Waals surface area contributed by atoms with E-state index in [0.29, 0.717) is 28.0 Å². The summed E-state index contributed by atoms with van der Waals surface area (Å²) in [7, 11) is 0. The van der Waals surface area contributed by atoms with Crippen LogP contribution in [0.25, 0.3) is 6.08 Å². The van der Waals surface area contributed by atoms with Crippen LogP contribution in [0.15, 0.2) is 28.1 Å². The number of likely N-dealkylation sites (N-methyl/N-ethyl adjacent to an activating group) is 1. The molecule has 0 saturated carbocycles. The van der Waals surface area contributed by atoms with Crippen LogP contribution in [0.5, 0.6) is 0 Å². The lowest BCUT2D eigenvalue weighted by Crippen LogP contribution is -2.28. The van der Waals surface area contributed by atoms with Gasteiger partial charge in [-0.2, -0.15) is 0 Å². The lowest BCUT2D eigenvalue weighted by atomic mass is 10.2. The minimum absolute atomic E-state index is 0.0317. The summed E-state index contributed by atoms with van der Waals surface area (Å²) in [6.07, 6.45) is 1.78. The number of amidine groups is 1. The lowest BCUT2D eigenvalue weighted by molar-refractivity contribution is -0.122. The molecule has 1 amide bonds. The van der Waals surface area contributed by atoms with Crippen LogP contribution in [0.3, 0.4) is 0 Å². The Morgan fingerprint density at radius 1 is 1.35 bits per heavy atom. The van der Waals surface area contributed by atoms with Crippen molar-refractivity contribution in [3.05, 3.63) is 38.7 Å². The number of nitrogens with zero attached hydrogens (tertiary/aromatic N) is 2. The zero-order valence-corrected chi connectivity index (χ0v) is 13.5. The van der Waals surface area contributed by atoms with Gasteiger partial charge in [0, 0.05) is 23.1 Å². The van der Waals surface area contributed by atoms with E-state index in [0.717, 1.165) is 10.7 Å². The molecule has 0 aromatic heterocycles. The molecule has 1 aliphatic heterocycles. The van der Waals surface area contributed by atoms with E-state index in [1.807, 2.05) is 13.8 Å². The molecule has 0 N–H and O–H groups in total. The maximum atomic E-state index is 12.3. The van der Waals surface area contributed by atoms with Crippen molar-refractivity contribution in [2.75, 3.05) is 13.1 Å². The van der Waals surface area contributed by atoms with Gasteiger partial charge in [-0.05, 0) is 49.4 Å². The van der Waals surface area contributed by atoms with E-state index < -0.39 is 0 Å². The van der Waals surface area contributed by atoms with E-state index in [4.69, 9.17) is 23.2 Å². The van der Waals surface area contributed by atoms with Crippen molar-refractivity contribution in [2.45, 2.75) is 13.8 Å². The molecule has 106 valence electrons. The average Bonchev–Trinajstić information content (AvgIpc) is 2.69. The predicted octanol–water partition coefficient (Wildman–Crippen LogP) is 4.31. The normalized spacial score (nSPS) is 19.4. The van der Waals surface area contributed by atoms with Crippen LogP contribution in [0.2, 0.25) is 10.0 Å². The van der Waals surface area contributed by atoms with E-state index >= 15 is 0 Å². The van der Waals surface area contributed by atoms with Crippen molar-refractivity contribution in [3.63, 3.8) is 0 Å². The fourth-order valence-electron chi connectivity index (χ4n) is 1.80. The summed E-state index contributed by atoms with van der Waals surface area (Å²) >= 11 is 13.4. The molecule has 0 aliphatic carbocycles. The molecule has 1 fully saturated rings. The number of carbonyl (C=O) groups is 1. The van der Waals surface area contributed by atoms with Gasteiger partial charge in [-0.25, -0.2) is 0 Å². The van der Waals surface area contributed by atoms with Crippen molar-refractivity contribution in [3.8, 4) is 0 Å². The summed E-state index contributed by atoms with van der Waals surface area (Å²) in [6, 6.07) is 5.22. The number of aliphatic imine (C=N–C) groups is 1. The maximum absolute atomic E-state index is 12.3. The molecule has 2 rings (SSSR count). The Bertz CT molecular complexity index is 599. The Morgan fingerprint density at radius 2 is 2.10 bits per heavy atom. The molecule has 1 heterocycles. The number of hydrogen-bond acceptors (Lipinski definition) is 3. The molecule has 0 bridgehead atoms. The Morgan fingerprint density at radius 3 is 2.70 bits per heavy atom. The molecule has 20 heavy (non-hydrogen) atoms. The zero-order valence-electron chi connectivity index (χ0n) is 11.2. The second-order valence-electron chi connectivity index (χ2n) is 4.08. The van der Waals surface area contributed by atoms with Crippen molar-refractivity contribution < 1.29 is 4.79 Å².